The van der Waals surface area contributed by atoms with Gasteiger partial charge in [0.25, 0.3) is 0 Å². The molecule has 0 aliphatic carbocycles. The number of anilines is 1. The first-order valence-corrected chi connectivity index (χ1v) is 5.57. The first kappa shape index (κ1) is 11.5. The molecule has 0 atom stereocenters. The standard InChI is InChI=1S/C11H16N6/c1-3-4-8-7-9(16-12)15-10(14-8)11-13-5-6-17(11)2/h5-7H,3-4,12H2,1-2H3,(H,14,15,16). The van der Waals surface area contributed by atoms with Gasteiger partial charge in [-0.1, -0.05) is 13.3 Å². The van der Waals surface area contributed by atoms with Crippen LogP contribution in [-0.4, -0.2) is 19.5 Å². The van der Waals surface area contributed by atoms with Crippen LogP contribution in [0.2, 0.25) is 0 Å². The van der Waals surface area contributed by atoms with Gasteiger partial charge in [0.2, 0.25) is 0 Å². The average Bonchev–Trinajstić information content (AvgIpc) is 2.75. The van der Waals surface area contributed by atoms with Crippen LogP contribution in [0.15, 0.2) is 18.5 Å². The van der Waals surface area contributed by atoms with E-state index in [2.05, 4.69) is 27.3 Å². The number of aryl methyl sites for hydroxylation is 2. The summed E-state index contributed by atoms with van der Waals surface area (Å²) in [6, 6.07) is 1.86. The van der Waals surface area contributed by atoms with Crippen LogP contribution in [-0.2, 0) is 13.5 Å². The molecule has 0 amide bonds. The van der Waals surface area contributed by atoms with E-state index in [9.17, 15) is 0 Å². The number of nitrogens with zero attached hydrogens (tertiary/aromatic N) is 4. The summed E-state index contributed by atoms with van der Waals surface area (Å²) >= 11 is 0. The SMILES string of the molecule is CCCc1cc(NN)nc(-c2nccn2C)n1. The zero-order valence-electron chi connectivity index (χ0n) is 10.0. The maximum atomic E-state index is 5.41. The minimum atomic E-state index is 0.594. The lowest BCUT2D eigenvalue weighted by Crippen LogP contribution is -2.11. The third kappa shape index (κ3) is 2.42. The van der Waals surface area contributed by atoms with Gasteiger partial charge in [-0.2, -0.15) is 0 Å². The molecule has 0 unspecified atom stereocenters. The fourth-order valence-corrected chi connectivity index (χ4v) is 1.64. The fourth-order valence-electron chi connectivity index (χ4n) is 1.64. The van der Waals surface area contributed by atoms with Crippen LogP contribution in [0.25, 0.3) is 11.6 Å². The molecule has 90 valence electrons. The molecule has 6 heteroatoms. The normalized spacial score (nSPS) is 10.5. The van der Waals surface area contributed by atoms with Gasteiger partial charge >= 0.3 is 0 Å². The van der Waals surface area contributed by atoms with Crippen LogP contribution in [0.1, 0.15) is 19.0 Å². The Balaban J connectivity index is 2.46. The Bertz CT molecular complexity index is 504. The summed E-state index contributed by atoms with van der Waals surface area (Å²) in [4.78, 5) is 13.0. The lowest BCUT2D eigenvalue weighted by Gasteiger charge is -2.06. The summed E-state index contributed by atoms with van der Waals surface area (Å²) in [7, 11) is 1.91. The van der Waals surface area contributed by atoms with E-state index in [0.29, 0.717) is 11.6 Å². The molecule has 0 bridgehead atoms. The van der Waals surface area contributed by atoms with Gasteiger partial charge in [0.1, 0.15) is 5.82 Å². The predicted octanol–water partition coefficient (Wildman–Crippen LogP) is 1.12. The molecule has 0 saturated carbocycles. The van der Waals surface area contributed by atoms with Crippen LogP contribution in [0.5, 0.6) is 0 Å². The lowest BCUT2D eigenvalue weighted by atomic mass is 10.2. The molecule has 2 rings (SSSR count). The maximum absolute atomic E-state index is 5.41. The van der Waals surface area contributed by atoms with Crippen molar-refractivity contribution in [1.82, 2.24) is 19.5 Å². The summed E-state index contributed by atoms with van der Waals surface area (Å²) in [5, 5.41) is 0. The zero-order chi connectivity index (χ0) is 12.3. The summed E-state index contributed by atoms with van der Waals surface area (Å²) in [5.41, 5.74) is 3.53. The molecular weight excluding hydrogens is 216 g/mol. The zero-order valence-corrected chi connectivity index (χ0v) is 10.0. The number of aromatic nitrogens is 4. The Morgan fingerprint density at radius 3 is 2.82 bits per heavy atom. The van der Waals surface area contributed by atoms with Crippen molar-refractivity contribution >= 4 is 5.82 Å². The smallest absolute Gasteiger partial charge is 0.198 e. The number of hydrazine groups is 1. The van der Waals surface area contributed by atoms with Crippen molar-refractivity contribution in [3.8, 4) is 11.6 Å². The van der Waals surface area contributed by atoms with E-state index in [-0.39, 0.29) is 0 Å². The summed E-state index contributed by atoms with van der Waals surface area (Å²) < 4.78 is 1.88. The molecule has 0 aromatic carbocycles. The molecule has 0 saturated heterocycles. The topological polar surface area (TPSA) is 81.6 Å². The molecule has 0 radical (unpaired) electrons. The number of nitrogens with one attached hydrogen (secondary N) is 1. The molecule has 2 aromatic heterocycles. The van der Waals surface area contributed by atoms with Crippen molar-refractivity contribution in [3.05, 3.63) is 24.2 Å². The van der Waals surface area contributed by atoms with Gasteiger partial charge < -0.3 is 9.99 Å². The van der Waals surface area contributed by atoms with E-state index >= 15 is 0 Å². The number of nitrogens with two attached hydrogens (primary N) is 1. The molecule has 0 spiro atoms. The van der Waals surface area contributed by atoms with Crippen LogP contribution < -0.4 is 11.3 Å². The molecule has 0 aliphatic rings. The molecule has 17 heavy (non-hydrogen) atoms. The van der Waals surface area contributed by atoms with E-state index < -0.39 is 0 Å². The summed E-state index contributed by atoms with van der Waals surface area (Å²) in [6.45, 7) is 2.11. The number of nitrogen functional groups attached to an aromatic ring is 1. The van der Waals surface area contributed by atoms with Crippen molar-refractivity contribution in [1.29, 1.82) is 0 Å². The van der Waals surface area contributed by atoms with Crippen molar-refractivity contribution in [2.45, 2.75) is 19.8 Å². The van der Waals surface area contributed by atoms with E-state index in [1.165, 1.54) is 0 Å². The van der Waals surface area contributed by atoms with Gasteiger partial charge in [-0.25, -0.2) is 20.8 Å². The average molecular weight is 232 g/mol. The van der Waals surface area contributed by atoms with Crippen LogP contribution in [0, 0.1) is 0 Å². The minimum absolute atomic E-state index is 0.594. The van der Waals surface area contributed by atoms with E-state index in [4.69, 9.17) is 5.84 Å². The predicted molar refractivity (Wildman–Crippen MR) is 66.0 cm³/mol. The largest absolute Gasteiger partial charge is 0.331 e. The van der Waals surface area contributed by atoms with Gasteiger partial charge in [0.05, 0.1) is 0 Å². The molecular formula is C11H16N6. The maximum Gasteiger partial charge on any atom is 0.198 e. The van der Waals surface area contributed by atoms with Crippen molar-refractivity contribution in [3.63, 3.8) is 0 Å². The van der Waals surface area contributed by atoms with Crippen molar-refractivity contribution in [2.24, 2.45) is 12.9 Å². The van der Waals surface area contributed by atoms with Crippen molar-refractivity contribution < 1.29 is 0 Å². The van der Waals surface area contributed by atoms with Crippen LogP contribution in [0.4, 0.5) is 5.82 Å². The van der Waals surface area contributed by atoms with Gasteiger partial charge in [-0.05, 0) is 6.42 Å². The van der Waals surface area contributed by atoms with E-state index in [1.54, 1.807) is 6.20 Å². The molecule has 3 N–H and O–H groups in total. The quantitative estimate of drug-likeness (QED) is 0.609. The highest BCUT2D eigenvalue weighted by Crippen LogP contribution is 2.16. The van der Waals surface area contributed by atoms with Gasteiger partial charge in [-0.3, -0.25) is 0 Å². The number of rotatable bonds is 4. The highest BCUT2D eigenvalue weighted by atomic mass is 15.3. The first-order valence-electron chi connectivity index (χ1n) is 5.57. The Morgan fingerprint density at radius 1 is 1.41 bits per heavy atom. The van der Waals surface area contributed by atoms with Gasteiger partial charge in [0.15, 0.2) is 11.6 Å². The fraction of sp³-hybridized carbons (Fsp3) is 0.364. The third-order valence-electron chi connectivity index (χ3n) is 2.45. The Morgan fingerprint density at radius 2 is 2.24 bits per heavy atom. The number of imidazole rings is 1. The van der Waals surface area contributed by atoms with E-state index in [0.717, 1.165) is 24.4 Å². The monoisotopic (exact) mass is 232 g/mol. The molecule has 2 aromatic rings. The molecule has 0 fully saturated rings. The van der Waals surface area contributed by atoms with Gasteiger partial charge in [-0.15, -0.1) is 0 Å². The van der Waals surface area contributed by atoms with Crippen LogP contribution in [0.3, 0.4) is 0 Å². The van der Waals surface area contributed by atoms with Crippen molar-refractivity contribution in [2.75, 3.05) is 5.43 Å². The Labute approximate surface area is 99.9 Å². The van der Waals surface area contributed by atoms with E-state index in [1.807, 2.05) is 23.9 Å². The van der Waals surface area contributed by atoms with Crippen LogP contribution >= 0.6 is 0 Å². The number of hydrogen-bond donors (Lipinski definition) is 2. The number of hydrogen-bond acceptors (Lipinski definition) is 5. The second-order valence-electron chi connectivity index (χ2n) is 3.82. The van der Waals surface area contributed by atoms with Gasteiger partial charge in [0, 0.05) is 31.2 Å². The lowest BCUT2D eigenvalue weighted by molar-refractivity contribution is 0.858. The molecule has 0 aliphatic heterocycles. The summed E-state index contributed by atoms with van der Waals surface area (Å²) in [6.07, 6.45) is 5.51. The second-order valence-corrected chi connectivity index (χ2v) is 3.82. The second kappa shape index (κ2) is 4.92. The minimum Gasteiger partial charge on any atom is -0.331 e. The molecule has 2 heterocycles. The molecule has 6 nitrogen and oxygen atoms in total. The third-order valence-corrected chi connectivity index (χ3v) is 2.45. The highest BCUT2D eigenvalue weighted by Gasteiger charge is 2.09. The highest BCUT2D eigenvalue weighted by molar-refractivity contribution is 5.49. The first-order chi connectivity index (χ1) is 8.24. The summed E-state index contributed by atoms with van der Waals surface area (Å²) in [5.74, 6) is 7.35. The Hall–Kier alpha value is -1.95. The Kier molecular flexibility index (Phi) is 3.34.